The molecule has 1 fully saturated rings. The van der Waals surface area contributed by atoms with Gasteiger partial charge in [-0.05, 0) is 23.9 Å². The first-order chi connectivity index (χ1) is 10.0. The summed E-state index contributed by atoms with van der Waals surface area (Å²) in [7, 11) is 0. The summed E-state index contributed by atoms with van der Waals surface area (Å²) in [6.07, 6.45) is 0.319. The molecule has 2 aromatic rings. The highest BCUT2D eigenvalue weighted by molar-refractivity contribution is 8.14. The molecule has 0 N–H and O–H groups in total. The summed E-state index contributed by atoms with van der Waals surface area (Å²) in [6.45, 7) is 3.90. The average Bonchev–Trinajstić information content (AvgIpc) is 3.08. The minimum atomic E-state index is -0.0909. The van der Waals surface area contributed by atoms with Crippen LogP contribution in [-0.4, -0.2) is 33.0 Å². The van der Waals surface area contributed by atoms with Crippen molar-refractivity contribution in [3.05, 3.63) is 17.0 Å². The third-order valence-electron chi connectivity index (χ3n) is 3.12. The second kappa shape index (κ2) is 5.61. The number of carbonyl (C=O) groups is 2. The van der Waals surface area contributed by atoms with E-state index >= 15 is 0 Å². The summed E-state index contributed by atoms with van der Waals surface area (Å²) in [6, 6.07) is 2.18. The fourth-order valence-electron chi connectivity index (χ4n) is 2.18. The van der Waals surface area contributed by atoms with Crippen LogP contribution in [0.25, 0.3) is 10.8 Å². The second-order valence-corrected chi connectivity index (χ2v) is 7.16. The van der Waals surface area contributed by atoms with Crippen LogP contribution in [0.3, 0.4) is 0 Å². The van der Waals surface area contributed by atoms with E-state index in [1.54, 1.807) is 0 Å². The van der Waals surface area contributed by atoms with E-state index in [-0.39, 0.29) is 22.3 Å². The van der Waals surface area contributed by atoms with E-state index in [1.165, 1.54) is 34.9 Å². The van der Waals surface area contributed by atoms with E-state index in [0.717, 1.165) is 10.4 Å². The molecule has 21 heavy (non-hydrogen) atoms. The van der Waals surface area contributed by atoms with Gasteiger partial charge in [-0.1, -0.05) is 16.9 Å². The van der Waals surface area contributed by atoms with Crippen molar-refractivity contribution < 1.29 is 14.0 Å². The van der Waals surface area contributed by atoms with Gasteiger partial charge in [0.2, 0.25) is 5.91 Å². The summed E-state index contributed by atoms with van der Waals surface area (Å²) < 4.78 is 5.62. The molecule has 1 saturated heterocycles. The maximum absolute atomic E-state index is 12.0. The maximum atomic E-state index is 12.0. The molecule has 1 aliphatic rings. The van der Waals surface area contributed by atoms with Crippen LogP contribution in [0, 0.1) is 6.92 Å². The van der Waals surface area contributed by atoms with E-state index in [0.29, 0.717) is 18.9 Å². The topological polar surface area (TPSA) is 76.3 Å². The van der Waals surface area contributed by atoms with Gasteiger partial charge in [-0.2, -0.15) is 0 Å². The number of rotatable bonds is 3. The van der Waals surface area contributed by atoms with Crippen molar-refractivity contribution in [1.29, 1.82) is 0 Å². The zero-order chi connectivity index (χ0) is 15.0. The molecule has 3 heterocycles. The lowest BCUT2D eigenvalue weighted by atomic mass is 10.3. The number of amides is 1. The van der Waals surface area contributed by atoms with Crippen molar-refractivity contribution in [3.63, 3.8) is 0 Å². The van der Waals surface area contributed by atoms with Crippen molar-refractivity contribution in [2.75, 3.05) is 11.4 Å². The number of nitrogens with zero attached hydrogens (tertiary/aromatic N) is 3. The molecule has 0 saturated carbocycles. The van der Waals surface area contributed by atoms with Gasteiger partial charge in [0.1, 0.15) is 0 Å². The molecule has 1 unspecified atom stereocenters. The minimum Gasteiger partial charge on any atom is -0.402 e. The van der Waals surface area contributed by atoms with Gasteiger partial charge in [-0.15, -0.1) is 16.4 Å². The molecule has 0 spiro atoms. The van der Waals surface area contributed by atoms with E-state index in [4.69, 9.17) is 4.42 Å². The van der Waals surface area contributed by atoms with E-state index in [9.17, 15) is 9.59 Å². The van der Waals surface area contributed by atoms with Crippen LogP contribution in [0.2, 0.25) is 0 Å². The SMILES string of the molecule is CC(=O)SC1CC(=O)N(c2nnc(-c3sccc3C)o2)C1. The van der Waals surface area contributed by atoms with Gasteiger partial charge in [0.15, 0.2) is 5.12 Å². The molecule has 0 aliphatic carbocycles. The number of aromatic nitrogens is 2. The van der Waals surface area contributed by atoms with Crippen LogP contribution >= 0.6 is 23.1 Å². The van der Waals surface area contributed by atoms with Crippen LogP contribution in [0.4, 0.5) is 6.01 Å². The Morgan fingerprint density at radius 2 is 2.33 bits per heavy atom. The van der Waals surface area contributed by atoms with Gasteiger partial charge < -0.3 is 4.42 Å². The highest BCUT2D eigenvalue weighted by Gasteiger charge is 2.35. The lowest BCUT2D eigenvalue weighted by molar-refractivity contribution is -0.117. The lowest BCUT2D eigenvalue weighted by Crippen LogP contribution is -2.25. The number of anilines is 1. The van der Waals surface area contributed by atoms with Crippen molar-refractivity contribution in [3.8, 4) is 10.8 Å². The highest BCUT2D eigenvalue weighted by atomic mass is 32.2. The fourth-order valence-corrected chi connectivity index (χ4v) is 3.95. The quantitative estimate of drug-likeness (QED) is 0.864. The maximum Gasteiger partial charge on any atom is 0.325 e. The first kappa shape index (κ1) is 14.3. The van der Waals surface area contributed by atoms with Gasteiger partial charge in [0.25, 0.3) is 5.89 Å². The molecule has 2 aromatic heterocycles. The molecule has 6 nitrogen and oxygen atoms in total. The molecule has 0 bridgehead atoms. The summed E-state index contributed by atoms with van der Waals surface area (Å²) in [4.78, 5) is 25.5. The van der Waals surface area contributed by atoms with Crippen LogP contribution in [0.5, 0.6) is 0 Å². The smallest absolute Gasteiger partial charge is 0.325 e. The van der Waals surface area contributed by atoms with E-state index in [2.05, 4.69) is 10.2 Å². The summed E-state index contributed by atoms with van der Waals surface area (Å²) in [5.41, 5.74) is 1.06. The van der Waals surface area contributed by atoms with Crippen molar-refractivity contribution in [1.82, 2.24) is 10.2 Å². The predicted octanol–water partition coefficient (Wildman–Crippen LogP) is 2.49. The molecule has 0 radical (unpaired) electrons. The molecule has 3 rings (SSSR count). The number of aryl methyl sites for hydroxylation is 1. The lowest BCUT2D eigenvalue weighted by Gasteiger charge is -2.09. The molecule has 8 heteroatoms. The Morgan fingerprint density at radius 3 is 3.00 bits per heavy atom. The highest BCUT2D eigenvalue weighted by Crippen LogP contribution is 2.32. The normalized spacial score (nSPS) is 18.5. The van der Waals surface area contributed by atoms with Crippen molar-refractivity contribution in [2.24, 2.45) is 0 Å². The Morgan fingerprint density at radius 1 is 1.52 bits per heavy atom. The van der Waals surface area contributed by atoms with E-state index < -0.39 is 0 Å². The van der Waals surface area contributed by atoms with Crippen molar-refractivity contribution >= 4 is 40.1 Å². The van der Waals surface area contributed by atoms with Gasteiger partial charge in [0, 0.05) is 25.1 Å². The predicted molar refractivity (Wildman–Crippen MR) is 81.4 cm³/mol. The van der Waals surface area contributed by atoms with Crippen LogP contribution in [-0.2, 0) is 9.59 Å². The largest absolute Gasteiger partial charge is 0.402 e. The number of thiophene rings is 1. The number of hydrogen-bond donors (Lipinski definition) is 0. The Labute approximate surface area is 129 Å². The Kier molecular flexibility index (Phi) is 3.81. The number of hydrogen-bond acceptors (Lipinski definition) is 7. The van der Waals surface area contributed by atoms with Crippen LogP contribution in [0.1, 0.15) is 18.9 Å². The van der Waals surface area contributed by atoms with Crippen LogP contribution < -0.4 is 4.90 Å². The molecule has 1 amide bonds. The monoisotopic (exact) mass is 323 g/mol. The third-order valence-corrected chi connectivity index (χ3v) is 5.11. The fraction of sp³-hybridized carbons (Fsp3) is 0.385. The van der Waals surface area contributed by atoms with Gasteiger partial charge >= 0.3 is 6.01 Å². The third kappa shape index (κ3) is 2.86. The summed E-state index contributed by atoms with van der Waals surface area (Å²) in [5.74, 6) is 0.333. The minimum absolute atomic E-state index is 0.00933. The zero-order valence-electron chi connectivity index (χ0n) is 11.5. The average molecular weight is 323 g/mol. The van der Waals surface area contributed by atoms with Gasteiger partial charge in [-0.3, -0.25) is 14.5 Å². The first-order valence-corrected chi connectivity index (χ1v) is 8.16. The molecule has 1 aliphatic heterocycles. The van der Waals surface area contributed by atoms with Gasteiger partial charge in [0.05, 0.1) is 4.88 Å². The molecular formula is C13H13N3O3S2. The Bertz CT molecular complexity index is 694. The van der Waals surface area contributed by atoms with E-state index in [1.807, 2.05) is 18.4 Å². The molecular weight excluding hydrogens is 310 g/mol. The molecule has 1 atom stereocenters. The first-order valence-electron chi connectivity index (χ1n) is 6.40. The van der Waals surface area contributed by atoms with Crippen LogP contribution in [0.15, 0.2) is 15.9 Å². The standard InChI is InChI=1S/C13H13N3O3S2/c1-7-3-4-20-11(7)12-14-15-13(19-12)16-6-9(5-10(16)18)21-8(2)17/h3-4,9H,5-6H2,1-2H3. The Hall–Kier alpha value is -1.67. The zero-order valence-corrected chi connectivity index (χ0v) is 13.2. The second-order valence-electron chi connectivity index (χ2n) is 4.76. The van der Waals surface area contributed by atoms with Crippen molar-refractivity contribution in [2.45, 2.75) is 25.5 Å². The number of thioether (sulfide) groups is 1. The van der Waals surface area contributed by atoms with Gasteiger partial charge in [-0.25, -0.2) is 0 Å². The summed E-state index contributed by atoms with van der Waals surface area (Å²) >= 11 is 2.70. The molecule has 0 aromatic carbocycles. The number of carbonyl (C=O) groups excluding carboxylic acids is 2. The molecule has 110 valence electrons. The Balaban J connectivity index is 1.79. The summed E-state index contributed by atoms with van der Waals surface area (Å²) in [5, 5.41) is 9.89.